The highest BCUT2D eigenvalue weighted by atomic mass is 16.2. The Morgan fingerprint density at radius 3 is 2.21 bits per heavy atom. The van der Waals surface area contributed by atoms with Gasteiger partial charge in [-0.15, -0.1) is 0 Å². The molecule has 0 saturated carbocycles. The number of rotatable bonds is 3. The van der Waals surface area contributed by atoms with Gasteiger partial charge >= 0.3 is 0 Å². The van der Waals surface area contributed by atoms with Crippen molar-refractivity contribution in [1.29, 1.82) is 5.26 Å². The first-order valence-corrected chi connectivity index (χ1v) is 9.26. The first-order valence-electron chi connectivity index (χ1n) is 9.26. The van der Waals surface area contributed by atoms with Gasteiger partial charge in [0.1, 0.15) is 0 Å². The van der Waals surface area contributed by atoms with E-state index in [1.165, 1.54) is 31.2 Å². The summed E-state index contributed by atoms with van der Waals surface area (Å²) in [7, 11) is 0. The molecule has 3 rings (SSSR count). The van der Waals surface area contributed by atoms with Crippen molar-refractivity contribution in [3.63, 3.8) is 0 Å². The summed E-state index contributed by atoms with van der Waals surface area (Å²) < 4.78 is 0. The van der Waals surface area contributed by atoms with Crippen LogP contribution < -0.4 is 0 Å². The number of nitrogens with zero attached hydrogens (tertiary/aromatic N) is 3. The molecule has 24 heavy (non-hydrogen) atoms. The number of amides is 1. The fraction of sp³-hybridized carbons (Fsp3) is 0.600. The SMILES string of the molecule is N#Cc1ccc(CN2CCC(C(=O)N3CCCCCC3)CC2)cc1. The van der Waals surface area contributed by atoms with E-state index < -0.39 is 0 Å². The number of nitriles is 1. The lowest BCUT2D eigenvalue weighted by atomic mass is 9.94. The van der Waals surface area contributed by atoms with E-state index in [-0.39, 0.29) is 5.92 Å². The summed E-state index contributed by atoms with van der Waals surface area (Å²) >= 11 is 0. The molecule has 0 aromatic heterocycles. The zero-order chi connectivity index (χ0) is 16.8. The molecule has 2 aliphatic rings. The van der Waals surface area contributed by atoms with Crippen LogP contribution in [-0.4, -0.2) is 41.9 Å². The van der Waals surface area contributed by atoms with Crippen molar-refractivity contribution in [3.05, 3.63) is 35.4 Å². The van der Waals surface area contributed by atoms with Crippen molar-refractivity contribution >= 4 is 5.91 Å². The molecule has 2 aliphatic heterocycles. The highest BCUT2D eigenvalue weighted by molar-refractivity contribution is 5.79. The number of carbonyl (C=O) groups is 1. The van der Waals surface area contributed by atoms with E-state index in [2.05, 4.69) is 15.9 Å². The fourth-order valence-corrected chi connectivity index (χ4v) is 3.83. The monoisotopic (exact) mass is 325 g/mol. The molecule has 128 valence electrons. The highest BCUT2D eigenvalue weighted by Gasteiger charge is 2.28. The lowest BCUT2D eigenvalue weighted by molar-refractivity contribution is -0.137. The van der Waals surface area contributed by atoms with Gasteiger partial charge < -0.3 is 4.90 Å². The molecule has 1 aromatic rings. The van der Waals surface area contributed by atoms with Crippen molar-refractivity contribution in [3.8, 4) is 6.07 Å². The van der Waals surface area contributed by atoms with Crippen LogP contribution in [0.4, 0.5) is 0 Å². The molecule has 0 aliphatic carbocycles. The van der Waals surface area contributed by atoms with Gasteiger partial charge in [-0.25, -0.2) is 0 Å². The topological polar surface area (TPSA) is 47.3 Å². The van der Waals surface area contributed by atoms with Gasteiger partial charge in [0.25, 0.3) is 0 Å². The van der Waals surface area contributed by atoms with Crippen molar-refractivity contribution in [2.24, 2.45) is 5.92 Å². The van der Waals surface area contributed by atoms with Crippen LogP contribution in [0.2, 0.25) is 0 Å². The standard InChI is InChI=1S/C20H27N3O/c21-15-17-5-7-18(8-6-17)16-22-13-9-19(10-14-22)20(24)23-11-3-1-2-4-12-23/h5-8,19H,1-4,9-14,16H2. The van der Waals surface area contributed by atoms with Gasteiger partial charge in [-0.2, -0.15) is 5.26 Å². The Hall–Kier alpha value is -1.86. The van der Waals surface area contributed by atoms with Gasteiger partial charge in [0.05, 0.1) is 11.6 Å². The molecule has 4 heteroatoms. The number of likely N-dealkylation sites (tertiary alicyclic amines) is 2. The summed E-state index contributed by atoms with van der Waals surface area (Å²) in [6.45, 7) is 4.82. The molecule has 2 heterocycles. The van der Waals surface area contributed by atoms with Crippen LogP contribution in [0.25, 0.3) is 0 Å². The molecule has 0 N–H and O–H groups in total. The smallest absolute Gasteiger partial charge is 0.225 e. The second kappa shape index (κ2) is 8.30. The van der Waals surface area contributed by atoms with Crippen LogP contribution in [0.5, 0.6) is 0 Å². The first kappa shape index (κ1) is 17.0. The summed E-state index contributed by atoms with van der Waals surface area (Å²) in [5.41, 5.74) is 1.95. The van der Waals surface area contributed by atoms with Gasteiger partial charge in [0, 0.05) is 25.6 Å². The zero-order valence-corrected chi connectivity index (χ0v) is 14.4. The molecule has 2 fully saturated rings. The molecule has 1 aromatic carbocycles. The van der Waals surface area contributed by atoms with Gasteiger partial charge in [0.15, 0.2) is 0 Å². The Bertz CT molecular complexity index is 574. The van der Waals surface area contributed by atoms with Crippen molar-refractivity contribution in [2.75, 3.05) is 26.2 Å². The predicted molar refractivity (Wildman–Crippen MR) is 94.2 cm³/mol. The van der Waals surface area contributed by atoms with Crippen molar-refractivity contribution < 1.29 is 4.79 Å². The van der Waals surface area contributed by atoms with Crippen LogP contribution in [0.15, 0.2) is 24.3 Å². The maximum absolute atomic E-state index is 12.7. The number of benzene rings is 1. The number of hydrogen-bond donors (Lipinski definition) is 0. The fourth-order valence-electron chi connectivity index (χ4n) is 3.83. The Kier molecular flexibility index (Phi) is 5.87. The van der Waals surface area contributed by atoms with E-state index in [4.69, 9.17) is 5.26 Å². The van der Waals surface area contributed by atoms with E-state index in [0.717, 1.165) is 45.6 Å². The normalized spacial score (nSPS) is 20.4. The second-order valence-electron chi connectivity index (χ2n) is 7.10. The third-order valence-corrected chi connectivity index (χ3v) is 5.34. The van der Waals surface area contributed by atoms with Crippen molar-refractivity contribution in [1.82, 2.24) is 9.80 Å². The minimum Gasteiger partial charge on any atom is -0.342 e. The number of carbonyl (C=O) groups excluding carboxylic acids is 1. The molecular formula is C20H27N3O. The molecule has 0 atom stereocenters. The van der Waals surface area contributed by atoms with Gasteiger partial charge in [0.2, 0.25) is 5.91 Å². The average Bonchev–Trinajstić information content (AvgIpc) is 2.92. The largest absolute Gasteiger partial charge is 0.342 e. The zero-order valence-electron chi connectivity index (χ0n) is 14.4. The lowest BCUT2D eigenvalue weighted by Crippen LogP contribution is -2.42. The minimum absolute atomic E-state index is 0.223. The summed E-state index contributed by atoms with van der Waals surface area (Å²) in [4.78, 5) is 17.3. The third-order valence-electron chi connectivity index (χ3n) is 5.34. The summed E-state index contributed by atoms with van der Waals surface area (Å²) in [5, 5.41) is 8.86. The summed E-state index contributed by atoms with van der Waals surface area (Å²) in [6, 6.07) is 9.99. The Morgan fingerprint density at radius 2 is 1.62 bits per heavy atom. The van der Waals surface area contributed by atoms with Crippen LogP contribution in [0.3, 0.4) is 0 Å². The molecule has 0 bridgehead atoms. The highest BCUT2D eigenvalue weighted by Crippen LogP contribution is 2.23. The molecule has 0 radical (unpaired) electrons. The maximum atomic E-state index is 12.7. The predicted octanol–water partition coefficient (Wildman–Crippen LogP) is 3.17. The van der Waals surface area contributed by atoms with Gasteiger partial charge in [-0.1, -0.05) is 25.0 Å². The van der Waals surface area contributed by atoms with Crippen LogP contribution in [-0.2, 0) is 11.3 Å². The molecule has 0 unspecified atom stereocenters. The van der Waals surface area contributed by atoms with Gasteiger partial charge in [-0.05, 0) is 56.5 Å². The Morgan fingerprint density at radius 1 is 1.00 bits per heavy atom. The Labute approximate surface area is 145 Å². The van der Waals surface area contributed by atoms with Crippen LogP contribution >= 0.6 is 0 Å². The molecular weight excluding hydrogens is 298 g/mol. The summed E-state index contributed by atoms with van der Waals surface area (Å²) in [6.07, 6.45) is 6.84. The Balaban J connectivity index is 1.48. The minimum atomic E-state index is 0.223. The van der Waals surface area contributed by atoms with Crippen molar-refractivity contribution in [2.45, 2.75) is 45.1 Å². The van der Waals surface area contributed by atoms with E-state index in [1.54, 1.807) is 0 Å². The van der Waals surface area contributed by atoms with Crippen LogP contribution in [0.1, 0.15) is 49.7 Å². The first-order chi connectivity index (χ1) is 11.8. The molecule has 2 saturated heterocycles. The molecule has 0 spiro atoms. The number of piperidine rings is 1. The van der Waals surface area contributed by atoms with Crippen LogP contribution in [0, 0.1) is 17.2 Å². The second-order valence-corrected chi connectivity index (χ2v) is 7.10. The van der Waals surface area contributed by atoms with E-state index in [9.17, 15) is 4.79 Å². The number of hydrogen-bond acceptors (Lipinski definition) is 3. The molecule has 4 nitrogen and oxygen atoms in total. The van der Waals surface area contributed by atoms with E-state index in [1.807, 2.05) is 24.3 Å². The average molecular weight is 325 g/mol. The molecule has 1 amide bonds. The quantitative estimate of drug-likeness (QED) is 0.857. The van der Waals surface area contributed by atoms with E-state index >= 15 is 0 Å². The maximum Gasteiger partial charge on any atom is 0.225 e. The van der Waals surface area contributed by atoms with E-state index in [0.29, 0.717) is 11.5 Å². The summed E-state index contributed by atoms with van der Waals surface area (Å²) in [5.74, 6) is 0.621. The van der Waals surface area contributed by atoms with Gasteiger partial charge in [-0.3, -0.25) is 9.69 Å². The lowest BCUT2D eigenvalue weighted by Gasteiger charge is -2.34. The third kappa shape index (κ3) is 4.36.